The van der Waals surface area contributed by atoms with E-state index >= 15 is 0 Å². The average molecular weight is 304 g/mol. The number of benzene rings is 1. The molecule has 0 saturated carbocycles. The lowest BCUT2D eigenvalue weighted by Gasteiger charge is -2.19. The van der Waals surface area contributed by atoms with Crippen molar-refractivity contribution in [2.45, 2.75) is 20.0 Å². The minimum Gasteiger partial charge on any atom is -0.481 e. The van der Waals surface area contributed by atoms with E-state index in [1.807, 2.05) is 0 Å². The lowest BCUT2D eigenvalue weighted by atomic mass is 9.94. The number of aliphatic carboxylic acids is 1. The summed E-state index contributed by atoms with van der Waals surface area (Å²) in [5.74, 6) is -1.10. The number of carbonyl (C=O) groups is 2. The summed E-state index contributed by atoms with van der Waals surface area (Å²) in [6, 6.07) is 3.37. The molecule has 3 N–H and O–H groups in total. The molecule has 0 spiro atoms. The van der Waals surface area contributed by atoms with Gasteiger partial charge in [-0.1, -0.05) is 6.07 Å². The molecule has 21 heavy (non-hydrogen) atoms. The van der Waals surface area contributed by atoms with E-state index in [2.05, 4.69) is 10.6 Å². The van der Waals surface area contributed by atoms with Crippen molar-refractivity contribution in [2.24, 2.45) is 5.41 Å². The van der Waals surface area contributed by atoms with Crippen LogP contribution in [0.1, 0.15) is 19.4 Å². The van der Waals surface area contributed by atoms with Gasteiger partial charge < -0.3 is 15.7 Å². The van der Waals surface area contributed by atoms with Crippen LogP contribution in [0.3, 0.4) is 0 Å². The van der Waals surface area contributed by atoms with Gasteiger partial charge in [0.2, 0.25) is 0 Å². The molecule has 2 amide bonds. The first-order valence-corrected chi connectivity index (χ1v) is 5.98. The first-order chi connectivity index (χ1) is 9.52. The van der Waals surface area contributed by atoms with E-state index in [-0.39, 0.29) is 12.2 Å². The van der Waals surface area contributed by atoms with Gasteiger partial charge in [0.1, 0.15) is 0 Å². The number of carboxylic acid groups (broad SMARTS) is 1. The Morgan fingerprint density at radius 3 is 2.38 bits per heavy atom. The van der Waals surface area contributed by atoms with E-state index in [1.165, 1.54) is 26.0 Å². The number of nitrogens with one attached hydrogen (secondary N) is 2. The SMILES string of the molecule is CC(C)(CNC(=O)Nc1cccc(C(F)(F)F)c1)C(=O)O. The minimum atomic E-state index is -4.50. The molecule has 0 radical (unpaired) electrons. The molecule has 0 aliphatic carbocycles. The standard InChI is InChI=1S/C13H15F3N2O3/c1-12(2,10(19)20)7-17-11(21)18-9-5-3-4-8(6-9)13(14,15)16/h3-6H,7H2,1-2H3,(H,19,20)(H2,17,18,21). The molecule has 5 nitrogen and oxygen atoms in total. The van der Waals surface area contributed by atoms with Crippen molar-refractivity contribution < 1.29 is 27.9 Å². The van der Waals surface area contributed by atoms with Gasteiger partial charge in [-0.05, 0) is 32.0 Å². The summed E-state index contributed by atoms with van der Waals surface area (Å²) in [4.78, 5) is 22.4. The van der Waals surface area contributed by atoms with Gasteiger partial charge in [0.25, 0.3) is 0 Å². The molecule has 0 aromatic heterocycles. The molecule has 0 saturated heterocycles. The van der Waals surface area contributed by atoms with Gasteiger partial charge >= 0.3 is 18.2 Å². The zero-order valence-corrected chi connectivity index (χ0v) is 11.4. The molecule has 116 valence electrons. The molecule has 8 heteroatoms. The summed E-state index contributed by atoms with van der Waals surface area (Å²) < 4.78 is 37.5. The van der Waals surface area contributed by atoms with Crippen molar-refractivity contribution in [3.05, 3.63) is 29.8 Å². The summed E-state index contributed by atoms with van der Waals surface area (Å²) in [7, 11) is 0. The van der Waals surface area contributed by atoms with Crippen molar-refractivity contribution >= 4 is 17.7 Å². The van der Waals surface area contributed by atoms with Crippen molar-refractivity contribution in [3.8, 4) is 0 Å². The quantitative estimate of drug-likeness (QED) is 0.800. The van der Waals surface area contributed by atoms with Gasteiger partial charge in [0.05, 0.1) is 11.0 Å². The molecule has 0 bridgehead atoms. The van der Waals surface area contributed by atoms with Crippen LogP contribution in [0.5, 0.6) is 0 Å². The molecular formula is C13H15F3N2O3. The first-order valence-electron chi connectivity index (χ1n) is 5.98. The van der Waals surface area contributed by atoms with E-state index < -0.39 is 29.2 Å². The van der Waals surface area contributed by atoms with Gasteiger partial charge in [-0.3, -0.25) is 4.79 Å². The lowest BCUT2D eigenvalue weighted by Crippen LogP contribution is -2.40. The Labute approximate surface area is 119 Å². The molecular weight excluding hydrogens is 289 g/mol. The van der Waals surface area contributed by atoms with E-state index in [0.717, 1.165) is 12.1 Å². The molecule has 1 rings (SSSR count). The summed E-state index contributed by atoms with van der Waals surface area (Å²) in [5.41, 5.74) is -2.09. The highest BCUT2D eigenvalue weighted by atomic mass is 19.4. The second kappa shape index (κ2) is 6.02. The number of anilines is 1. The Morgan fingerprint density at radius 1 is 1.24 bits per heavy atom. The van der Waals surface area contributed by atoms with Crippen LogP contribution in [0, 0.1) is 5.41 Å². The van der Waals surface area contributed by atoms with Crippen LogP contribution in [0.4, 0.5) is 23.7 Å². The van der Waals surface area contributed by atoms with Crippen molar-refractivity contribution in [2.75, 3.05) is 11.9 Å². The molecule has 0 fully saturated rings. The monoisotopic (exact) mass is 304 g/mol. The highest BCUT2D eigenvalue weighted by Gasteiger charge is 2.30. The number of carbonyl (C=O) groups excluding carboxylic acids is 1. The molecule has 1 aromatic carbocycles. The van der Waals surface area contributed by atoms with Gasteiger partial charge in [-0.25, -0.2) is 4.79 Å². The van der Waals surface area contributed by atoms with Crippen LogP contribution in [0.2, 0.25) is 0 Å². The Morgan fingerprint density at radius 2 is 1.86 bits per heavy atom. The van der Waals surface area contributed by atoms with Crippen molar-refractivity contribution in [1.29, 1.82) is 0 Å². The van der Waals surface area contributed by atoms with Crippen LogP contribution in [0.25, 0.3) is 0 Å². The third kappa shape index (κ3) is 4.97. The zero-order valence-electron chi connectivity index (χ0n) is 11.4. The number of halogens is 3. The average Bonchev–Trinajstić information content (AvgIpc) is 2.35. The fourth-order valence-corrected chi connectivity index (χ4v) is 1.33. The minimum absolute atomic E-state index is 0.0320. The van der Waals surface area contributed by atoms with Crippen LogP contribution >= 0.6 is 0 Å². The zero-order chi connectivity index (χ0) is 16.3. The normalized spacial score (nSPS) is 11.9. The van der Waals surface area contributed by atoms with Crippen LogP contribution in [-0.2, 0) is 11.0 Å². The number of urea groups is 1. The smallest absolute Gasteiger partial charge is 0.416 e. The molecule has 0 atom stereocenters. The van der Waals surface area contributed by atoms with E-state index in [0.29, 0.717) is 0 Å². The molecule has 0 aliphatic rings. The Bertz CT molecular complexity index is 542. The number of carboxylic acids is 1. The van der Waals surface area contributed by atoms with E-state index in [4.69, 9.17) is 5.11 Å². The summed E-state index contributed by atoms with van der Waals surface area (Å²) in [6.45, 7) is 2.67. The fraction of sp³-hybridized carbons (Fsp3) is 0.385. The topological polar surface area (TPSA) is 78.4 Å². The maximum absolute atomic E-state index is 12.5. The largest absolute Gasteiger partial charge is 0.481 e. The van der Waals surface area contributed by atoms with Crippen LogP contribution in [0.15, 0.2) is 24.3 Å². The highest BCUT2D eigenvalue weighted by molar-refractivity contribution is 5.89. The van der Waals surface area contributed by atoms with Crippen molar-refractivity contribution in [3.63, 3.8) is 0 Å². The molecule has 0 aliphatic heterocycles. The summed E-state index contributed by atoms with van der Waals surface area (Å²) in [5, 5.41) is 13.4. The van der Waals surface area contributed by atoms with Gasteiger partial charge in [-0.15, -0.1) is 0 Å². The molecule has 0 heterocycles. The maximum atomic E-state index is 12.5. The maximum Gasteiger partial charge on any atom is 0.416 e. The second-order valence-corrected chi connectivity index (χ2v) is 5.08. The van der Waals surface area contributed by atoms with Gasteiger partial charge in [0, 0.05) is 12.2 Å². The third-order valence-electron chi connectivity index (χ3n) is 2.72. The Balaban J connectivity index is 2.66. The third-order valence-corrected chi connectivity index (χ3v) is 2.72. The summed E-state index contributed by atoms with van der Waals surface area (Å²) in [6.07, 6.45) is -4.50. The fourth-order valence-electron chi connectivity index (χ4n) is 1.33. The molecule has 0 unspecified atom stereocenters. The summed E-state index contributed by atoms with van der Waals surface area (Å²) >= 11 is 0. The Hall–Kier alpha value is -2.25. The van der Waals surface area contributed by atoms with E-state index in [1.54, 1.807) is 0 Å². The number of hydrogen-bond donors (Lipinski definition) is 3. The Kier molecular flexibility index (Phi) is 4.82. The number of rotatable bonds is 4. The van der Waals surface area contributed by atoms with Crippen LogP contribution < -0.4 is 10.6 Å². The van der Waals surface area contributed by atoms with Gasteiger partial charge in [-0.2, -0.15) is 13.2 Å². The van der Waals surface area contributed by atoms with E-state index in [9.17, 15) is 22.8 Å². The highest BCUT2D eigenvalue weighted by Crippen LogP contribution is 2.30. The number of hydrogen-bond acceptors (Lipinski definition) is 2. The lowest BCUT2D eigenvalue weighted by molar-refractivity contribution is -0.146. The second-order valence-electron chi connectivity index (χ2n) is 5.08. The van der Waals surface area contributed by atoms with Crippen LogP contribution in [-0.4, -0.2) is 23.7 Å². The van der Waals surface area contributed by atoms with Crippen molar-refractivity contribution in [1.82, 2.24) is 5.32 Å². The first kappa shape index (κ1) is 16.8. The number of alkyl halides is 3. The number of amides is 2. The predicted octanol–water partition coefficient (Wildman–Crippen LogP) is 2.94. The predicted molar refractivity (Wildman–Crippen MR) is 69.9 cm³/mol. The van der Waals surface area contributed by atoms with Gasteiger partial charge in [0.15, 0.2) is 0 Å². The molecule has 1 aromatic rings.